The molecule has 210 valence electrons. The molecule has 1 aliphatic carbocycles. The molecule has 0 N–H and O–H groups in total. The molecule has 6 heteroatoms. The Labute approximate surface area is 232 Å². The van der Waals surface area contributed by atoms with E-state index in [2.05, 4.69) is 19.9 Å². The van der Waals surface area contributed by atoms with Crippen LogP contribution in [-0.4, -0.2) is 59.4 Å². The number of carbonyl (C=O) groups excluding carboxylic acids is 3. The van der Waals surface area contributed by atoms with Gasteiger partial charge in [0.25, 0.3) is 0 Å². The van der Waals surface area contributed by atoms with E-state index in [4.69, 9.17) is 9.47 Å². The molecule has 3 saturated heterocycles. The average Bonchev–Trinajstić information content (AvgIpc) is 3.64. The lowest BCUT2D eigenvalue weighted by Gasteiger charge is -2.37. The Kier molecular flexibility index (Phi) is 7.08. The topological polar surface area (TPSA) is 72.9 Å². The molecule has 4 heterocycles. The van der Waals surface area contributed by atoms with Gasteiger partial charge in [0, 0.05) is 26.0 Å². The number of likely N-dealkylation sites (tertiary alicyclic amines) is 1. The van der Waals surface area contributed by atoms with Gasteiger partial charge < -0.3 is 14.4 Å². The predicted octanol–water partition coefficient (Wildman–Crippen LogP) is 4.78. The fourth-order valence-corrected chi connectivity index (χ4v) is 8.46. The first-order valence-corrected chi connectivity index (χ1v) is 15.1. The summed E-state index contributed by atoms with van der Waals surface area (Å²) in [6.45, 7) is 9.71. The Balaban J connectivity index is 1.30. The highest BCUT2D eigenvalue weighted by atomic mass is 16.5. The molecule has 6 rings (SSSR count). The van der Waals surface area contributed by atoms with Crippen molar-refractivity contribution < 1.29 is 23.9 Å². The van der Waals surface area contributed by atoms with Gasteiger partial charge in [-0.1, -0.05) is 68.2 Å². The van der Waals surface area contributed by atoms with E-state index in [0.717, 1.165) is 42.4 Å². The van der Waals surface area contributed by atoms with Crippen LogP contribution in [0.15, 0.2) is 30.4 Å². The number of fused-ring (bicyclic) bond motifs is 1. The third kappa shape index (κ3) is 4.61. The quantitative estimate of drug-likeness (QED) is 0.450. The summed E-state index contributed by atoms with van der Waals surface area (Å²) in [5.74, 6) is 0.174. The zero-order valence-corrected chi connectivity index (χ0v) is 23.9. The second kappa shape index (κ2) is 10.3. The summed E-state index contributed by atoms with van der Waals surface area (Å²) < 4.78 is 12.5. The molecule has 6 nitrogen and oxygen atoms in total. The van der Waals surface area contributed by atoms with Crippen LogP contribution in [0.5, 0.6) is 0 Å². The lowest BCUT2D eigenvalue weighted by Crippen LogP contribution is -2.52. The van der Waals surface area contributed by atoms with E-state index in [0.29, 0.717) is 37.3 Å². The first-order valence-electron chi connectivity index (χ1n) is 15.1. The molecule has 0 aromatic heterocycles. The van der Waals surface area contributed by atoms with E-state index in [9.17, 15) is 14.4 Å². The molecule has 1 aromatic carbocycles. The second-order valence-electron chi connectivity index (χ2n) is 13.2. The van der Waals surface area contributed by atoms with Crippen LogP contribution in [0.1, 0.15) is 69.1 Å². The van der Waals surface area contributed by atoms with Crippen molar-refractivity contribution in [1.82, 2.24) is 4.90 Å². The molecule has 0 radical (unpaired) electrons. The van der Waals surface area contributed by atoms with Gasteiger partial charge in [-0.2, -0.15) is 0 Å². The lowest BCUT2D eigenvalue weighted by atomic mass is 9.69. The maximum atomic E-state index is 14.2. The van der Waals surface area contributed by atoms with Crippen LogP contribution >= 0.6 is 0 Å². The van der Waals surface area contributed by atoms with E-state index in [1.807, 2.05) is 38.1 Å². The molecular weight excluding hydrogens is 490 g/mol. The first-order chi connectivity index (χ1) is 18.7. The molecule has 9 unspecified atom stereocenters. The van der Waals surface area contributed by atoms with Crippen molar-refractivity contribution in [3.63, 3.8) is 0 Å². The van der Waals surface area contributed by atoms with Crippen LogP contribution in [0.3, 0.4) is 0 Å². The lowest BCUT2D eigenvalue weighted by molar-refractivity contribution is -0.142. The van der Waals surface area contributed by atoms with Gasteiger partial charge >= 0.3 is 0 Å². The molecule has 1 saturated carbocycles. The number of hydrogen-bond donors (Lipinski definition) is 0. The summed E-state index contributed by atoms with van der Waals surface area (Å²) in [5, 5.41) is 0. The standard InChI is InChI=1S/C33H43NO5/c1-19-13-20(2)15-23(14-19)16-26(35)29-28-10-11-33(39-28)30(29)32(37)34(18-25-9-6-12-38-25)31(33)27(36)17-24-8-5-7-21(3)22(24)4/h10-11,13-15,21-22,24-25,28-31H,5-9,12,16-18H2,1-4H3. The molecular formula is C33H43NO5. The number of rotatable bonds is 8. The molecule has 4 fully saturated rings. The van der Waals surface area contributed by atoms with Crippen LogP contribution < -0.4 is 0 Å². The Morgan fingerprint density at radius 2 is 1.79 bits per heavy atom. The monoisotopic (exact) mass is 533 g/mol. The minimum absolute atomic E-state index is 0.0227. The smallest absolute Gasteiger partial charge is 0.230 e. The Bertz CT molecular complexity index is 1160. The van der Waals surface area contributed by atoms with Gasteiger partial charge in [-0.25, -0.2) is 0 Å². The highest BCUT2D eigenvalue weighted by molar-refractivity contribution is 6.01. The van der Waals surface area contributed by atoms with Crippen molar-refractivity contribution in [3.8, 4) is 0 Å². The Morgan fingerprint density at radius 3 is 2.51 bits per heavy atom. The normalized spacial score (nSPS) is 39.0. The number of Topliss-reactive ketones (excluding diaryl/α,β-unsaturated/α-hetero) is 2. The zero-order chi connectivity index (χ0) is 27.5. The summed E-state index contributed by atoms with van der Waals surface area (Å²) >= 11 is 0. The molecule has 4 aliphatic heterocycles. The van der Waals surface area contributed by atoms with Crippen LogP contribution in [0.4, 0.5) is 0 Å². The van der Waals surface area contributed by atoms with Crippen molar-refractivity contribution in [2.45, 2.75) is 96.5 Å². The minimum atomic E-state index is -1.05. The van der Waals surface area contributed by atoms with Gasteiger partial charge in [0.1, 0.15) is 17.4 Å². The van der Waals surface area contributed by atoms with Crippen molar-refractivity contribution in [2.75, 3.05) is 13.2 Å². The molecule has 1 aromatic rings. The number of nitrogens with zero attached hydrogens (tertiary/aromatic N) is 1. The largest absolute Gasteiger partial charge is 0.376 e. The fourth-order valence-electron chi connectivity index (χ4n) is 8.46. The van der Waals surface area contributed by atoms with E-state index in [1.165, 1.54) is 6.42 Å². The summed E-state index contributed by atoms with van der Waals surface area (Å²) in [4.78, 5) is 44.0. The predicted molar refractivity (Wildman–Crippen MR) is 148 cm³/mol. The van der Waals surface area contributed by atoms with Crippen molar-refractivity contribution >= 4 is 17.5 Å². The molecule has 1 amide bonds. The number of benzene rings is 1. The Hall–Kier alpha value is -2.31. The number of carbonyl (C=O) groups is 3. The average molecular weight is 534 g/mol. The number of hydrogen-bond acceptors (Lipinski definition) is 5. The molecule has 39 heavy (non-hydrogen) atoms. The number of amides is 1. The van der Waals surface area contributed by atoms with Gasteiger partial charge in [0.05, 0.1) is 24.0 Å². The van der Waals surface area contributed by atoms with Gasteiger partial charge in [-0.15, -0.1) is 0 Å². The zero-order valence-electron chi connectivity index (χ0n) is 23.9. The summed E-state index contributed by atoms with van der Waals surface area (Å²) in [6.07, 6.45) is 9.35. The summed E-state index contributed by atoms with van der Waals surface area (Å²) in [6, 6.07) is 5.50. The third-order valence-corrected chi connectivity index (χ3v) is 10.5. The second-order valence-corrected chi connectivity index (χ2v) is 13.2. The highest BCUT2D eigenvalue weighted by Crippen LogP contribution is 2.56. The van der Waals surface area contributed by atoms with E-state index >= 15 is 0 Å². The van der Waals surface area contributed by atoms with Crippen molar-refractivity contribution in [3.05, 3.63) is 47.0 Å². The van der Waals surface area contributed by atoms with Crippen LogP contribution in [0.25, 0.3) is 0 Å². The maximum absolute atomic E-state index is 14.2. The van der Waals surface area contributed by atoms with Crippen molar-refractivity contribution in [1.29, 1.82) is 0 Å². The molecule has 2 bridgehead atoms. The SMILES string of the molecule is Cc1cc(C)cc(CC(=O)C2C3C=CC4(O3)C2C(=O)N(CC2CCCO2)C4C(=O)CC2CCCC(C)C2C)c1. The Morgan fingerprint density at radius 1 is 1.03 bits per heavy atom. The van der Waals surface area contributed by atoms with Gasteiger partial charge in [0.15, 0.2) is 5.78 Å². The highest BCUT2D eigenvalue weighted by Gasteiger charge is 2.72. The van der Waals surface area contributed by atoms with E-state index in [1.54, 1.807) is 4.90 Å². The number of ketones is 2. The van der Waals surface area contributed by atoms with Gasteiger partial charge in [-0.3, -0.25) is 14.4 Å². The fraction of sp³-hybridized carbons (Fsp3) is 0.667. The summed E-state index contributed by atoms with van der Waals surface area (Å²) in [5.41, 5.74) is 2.15. The van der Waals surface area contributed by atoms with E-state index < -0.39 is 29.6 Å². The van der Waals surface area contributed by atoms with Crippen LogP contribution in [-0.2, 0) is 30.3 Å². The van der Waals surface area contributed by atoms with Crippen LogP contribution in [0, 0.1) is 43.4 Å². The first kappa shape index (κ1) is 26.9. The third-order valence-electron chi connectivity index (χ3n) is 10.5. The van der Waals surface area contributed by atoms with Gasteiger partial charge in [0.2, 0.25) is 5.91 Å². The maximum Gasteiger partial charge on any atom is 0.230 e. The van der Waals surface area contributed by atoms with E-state index in [-0.39, 0.29) is 30.0 Å². The minimum Gasteiger partial charge on any atom is -0.376 e. The number of ether oxygens (including phenoxy) is 2. The number of aryl methyl sites for hydroxylation is 2. The molecule has 5 aliphatic rings. The van der Waals surface area contributed by atoms with Crippen molar-refractivity contribution in [2.24, 2.45) is 29.6 Å². The molecule has 1 spiro atoms. The van der Waals surface area contributed by atoms with Crippen LogP contribution in [0.2, 0.25) is 0 Å². The summed E-state index contributed by atoms with van der Waals surface area (Å²) in [7, 11) is 0. The van der Waals surface area contributed by atoms with Gasteiger partial charge in [-0.05, 0) is 56.4 Å². The molecule has 9 atom stereocenters.